The molecule has 2 aromatic heterocycles. The smallest absolute Gasteiger partial charge is 0.326 e. The summed E-state index contributed by atoms with van der Waals surface area (Å²) >= 11 is 0. The fourth-order valence-electron chi connectivity index (χ4n) is 3.30. The van der Waals surface area contributed by atoms with Gasteiger partial charge in [0.05, 0.1) is 25.1 Å². The molecule has 2 heterocycles. The Morgan fingerprint density at radius 3 is 1.68 bits per heavy atom. The Labute approximate surface area is 215 Å². The molecule has 4 unspecified atom stereocenters. The van der Waals surface area contributed by atoms with Crippen molar-refractivity contribution in [3.63, 3.8) is 0 Å². The Morgan fingerprint density at radius 1 is 0.816 bits per heavy atom. The van der Waals surface area contributed by atoms with Gasteiger partial charge in [-0.2, -0.15) is 0 Å². The molecule has 206 valence electrons. The number of nitrogens with one attached hydrogen (secondary N) is 5. The van der Waals surface area contributed by atoms with Crippen molar-refractivity contribution in [2.45, 2.75) is 56.3 Å². The fraction of sp³-hybridized carbons (Fsp3) is 0.429. The maximum Gasteiger partial charge on any atom is 0.326 e. The number of aromatic amines is 2. The molecule has 0 aromatic carbocycles. The number of hydrogen-bond donors (Lipinski definition) is 9. The summed E-state index contributed by atoms with van der Waals surface area (Å²) < 4.78 is 0. The lowest BCUT2D eigenvalue weighted by atomic mass is 10.1. The Bertz CT molecular complexity index is 1120. The number of amides is 4. The number of primary amides is 1. The Hall–Kier alpha value is -4.80. The number of aliphatic carboxylic acids is 2. The van der Waals surface area contributed by atoms with Crippen LogP contribution in [0.15, 0.2) is 25.0 Å². The van der Waals surface area contributed by atoms with Crippen LogP contribution in [0.3, 0.4) is 0 Å². The lowest BCUT2D eigenvalue weighted by Crippen LogP contribution is -2.58. The third-order valence-electron chi connectivity index (χ3n) is 5.25. The van der Waals surface area contributed by atoms with Crippen molar-refractivity contribution >= 4 is 35.6 Å². The molecule has 0 aliphatic carbocycles. The number of nitrogens with zero attached hydrogens (tertiary/aromatic N) is 2. The van der Waals surface area contributed by atoms with Gasteiger partial charge in [0.1, 0.15) is 18.1 Å². The molecule has 38 heavy (non-hydrogen) atoms. The lowest BCUT2D eigenvalue weighted by Gasteiger charge is -2.24. The monoisotopic (exact) mass is 535 g/mol. The lowest BCUT2D eigenvalue weighted by molar-refractivity contribution is -0.142. The van der Waals surface area contributed by atoms with E-state index in [2.05, 4.69) is 35.9 Å². The van der Waals surface area contributed by atoms with Crippen LogP contribution < -0.4 is 27.4 Å². The number of imidazole rings is 2. The summed E-state index contributed by atoms with van der Waals surface area (Å²) in [5.74, 6) is -6.14. The van der Waals surface area contributed by atoms with Crippen molar-refractivity contribution < 1.29 is 39.0 Å². The van der Waals surface area contributed by atoms with Gasteiger partial charge in [-0.3, -0.25) is 24.0 Å². The molecule has 4 amide bonds. The maximum absolute atomic E-state index is 13.2. The quantitative estimate of drug-likeness (QED) is 0.102. The van der Waals surface area contributed by atoms with Gasteiger partial charge in [-0.05, 0) is 6.42 Å². The first-order valence-corrected chi connectivity index (χ1v) is 11.3. The number of carbonyl (C=O) groups excluding carboxylic acids is 4. The number of H-pyrrole nitrogens is 2. The highest BCUT2D eigenvalue weighted by Gasteiger charge is 2.31. The van der Waals surface area contributed by atoms with Crippen LogP contribution in [-0.2, 0) is 41.6 Å². The highest BCUT2D eigenvalue weighted by atomic mass is 16.4. The summed E-state index contributed by atoms with van der Waals surface area (Å²) in [7, 11) is 0. The predicted octanol–water partition coefficient (Wildman–Crippen LogP) is -3.48. The molecule has 0 saturated carbocycles. The molecule has 0 radical (unpaired) electrons. The van der Waals surface area contributed by atoms with Gasteiger partial charge < -0.3 is 47.6 Å². The van der Waals surface area contributed by atoms with E-state index in [-0.39, 0.29) is 25.7 Å². The highest BCUT2D eigenvalue weighted by Crippen LogP contribution is 2.06. The second-order valence-electron chi connectivity index (χ2n) is 8.29. The van der Waals surface area contributed by atoms with E-state index in [1.54, 1.807) is 0 Å². The van der Waals surface area contributed by atoms with Crippen LogP contribution in [0, 0.1) is 0 Å². The number of carboxylic acid groups (broad SMARTS) is 2. The molecule has 2 rings (SSSR count). The molecule has 17 heteroatoms. The Morgan fingerprint density at radius 2 is 1.29 bits per heavy atom. The molecule has 0 spiro atoms. The summed E-state index contributed by atoms with van der Waals surface area (Å²) in [5, 5.41) is 25.4. The van der Waals surface area contributed by atoms with E-state index < -0.39 is 66.2 Å². The molecule has 0 saturated heterocycles. The summed E-state index contributed by atoms with van der Waals surface area (Å²) in [6, 6.07) is -5.57. The molecule has 4 atom stereocenters. The van der Waals surface area contributed by atoms with Crippen LogP contribution in [0.5, 0.6) is 0 Å². The first-order valence-electron chi connectivity index (χ1n) is 11.3. The van der Waals surface area contributed by atoms with Gasteiger partial charge in [-0.1, -0.05) is 0 Å². The summed E-state index contributed by atoms with van der Waals surface area (Å²) in [6.07, 6.45) is 3.95. The van der Waals surface area contributed by atoms with Crippen LogP contribution in [0.4, 0.5) is 0 Å². The Kier molecular flexibility index (Phi) is 10.9. The van der Waals surface area contributed by atoms with Crippen molar-refractivity contribution in [1.29, 1.82) is 0 Å². The van der Waals surface area contributed by atoms with Crippen molar-refractivity contribution in [2.75, 3.05) is 0 Å². The van der Waals surface area contributed by atoms with Crippen LogP contribution >= 0.6 is 0 Å². The van der Waals surface area contributed by atoms with Gasteiger partial charge in [0.15, 0.2) is 0 Å². The average Bonchev–Trinajstić information content (AvgIpc) is 3.54. The molecule has 0 fully saturated rings. The van der Waals surface area contributed by atoms with E-state index in [0.29, 0.717) is 11.4 Å². The summed E-state index contributed by atoms with van der Waals surface area (Å²) in [4.78, 5) is 85.5. The van der Waals surface area contributed by atoms with Crippen LogP contribution in [0.1, 0.15) is 30.7 Å². The molecular formula is C21H29N9O8. The van der Waals surface area contributed by atoms with E-state index >= 15 is 0 Å². The molecule has 0 aliphatic rings. The zero-order chi connectivity index (χ0) is 28.2. The molecular weight excluding hydrogens is 506 g/mol. The minimum atomic E-state index is -1.47. The predicted molar refractivity (Wildman–Crippen MR) is 127 cm³/mol. The van der Waals surface area contributed by atoms with Crippen molar-refractivity contribution in [2.24, 2.45) is 11.5 Å². The average molecular weight is 536 g/mol. The Balaban J connectivity index is 2.23. The third-order valence-corrected chi connectivity index (χ3v) is 5.25. The number of nitrogens with two attached hydrogens (primary N) is 2. The number of hydrogen-bond acceptors (Lipinski definition) is 9. The second-order valence-corrected chi connectivity index (χ2v) is 8.29. The van der Waals surface area contributed by atoms with E-state index in [1.165, 1.54) is 25.0 Å². The fourth-order valence-corrected chi connectivity index (χ4v) is 3.30. The van der Waals surface area contributed by atoms with E-state index in [4.69, 9.17) is 16.6 Å². The SMILES string of the molecule is NC(=O)CCC(NC(=O)C(Cc1cnc[nH]1)NC(=O)C(Cc1cnc[nH]1)NC(=O)C(N)CC(=O)O)C(=O)O. The number of carbonyl (C=O) groups is 6. The number of aromatic nitrogens is 4. The summed E-state index contributed by atoms with van der Waals surface area (Å²) in [6.45, 7) is 0. The van der Waals surface area contributed by atoms with Gasteiger partial charge in [-0.25, -0.2) is 14.8 Å². The van der Waals surface area contributed by atoms with E-state index in [9.17, 15) is 33.9 Å². The van der Waals surface area contributed by atoms with Crippen molar-refractivity contribution in [3.05, 3.63) is 36.4 Å². The maximum atomic E-state index is 13.2. The van der Waals surface area contributed by atoms with E-state index in [0.717, 1.165) is 0 Å². The topological polar surface area (TPSA) is 288 Å². The van der Waals surface area contributed by atoms with E-state index in [1.807, 2.05) is 0 Å². The zero-order valence-electron chi connectivity index (χ0n) is 20.0. The van der Waals surface area contributed by atoms with Crippen molar-refractivity contribution in [1.82, 2.24) is 35.9 Å². The van der Waals surface area contributed by atoms with Gasteiger partial charge in [0.25, 0.3) is 0 Å². The van der Waals surface area contributed by atoms with Crippen LogP contribution in [-0.4, -0.2) is 89.9 Å². The first kappa shape index (κ1) is 29.4. The van der Waals surface area contributed by atoms with Gasteiger partial charge >= 0.3 is 11.9 Å². The molecule has 0 aliphatic heterocycles. The minimum absolute atomic E-state index is 0.119. The van der Waals surface area contributed by atoms with Crippen molar-refractivity contribution in [3.8, 4) is 0 Å². The first-order chi connectivity index (χ1) is 18.0. The zero-order valence-corrected chi connectivity index (χ0v) is 20.0. The standard InChI is InChI=1S/C21H29N9O8/c22-12(5-17(32)33)18(34)29-14(3-10-6-24-8-26-10)20(36)30-15(4-11-7-25-9-27-11)19(35)28-13(21(37)38)1-2-16(23)31/h6-9,12-15H,1-5,22H2,(H2,23,31)(H,24,26)(H,25,27)(H,28,35)(H,29,34)(H,30,36)(H,32,33)(H,37,38). The highest BCUT2D eigenvalue weighted by molar-refractivity contribution is 5.95. The second kappa shape index (κ2) is 14.1. The number of carboxylic acids is 2. The summed E-state index contributed by atoms with van der Waals surface area (Å²) in [5.41, 5.74) is 11.5. The largest absolute Gasteiger partial charge is 0.481 e. The van der Waals surface area contributed by atoms with Gasteiger partial charge in [-0.15, -0.1) is 0 Å². The normalized spacial score (nSPS) is 13.9. The molecule has 17 nitrogen and oxygen atoms in total. The number of rotatable bonds is 16. The minimum Gasteiger partial charge on any atom is -0.481 e. The van der Waals surface area contributed by atoms with Crippen LogP contribution in [0.25, 0.3) is 0 Å². The molecule has 2 aromatic rings. The third kappa shape index (κ3) is 9.69. The molecule has 11 N–H and O–H groups in total. The van der Waals surface area contributed by atoms with Crippen LogP contribution in [0.2, 0.25) is 0 Å². The van der Waals surface area contributed by atoms with Gasteiger partial charge in [0.2, 0.25) is 23.6 Å². The van der Waals surface area contributed by atoms with Gasteiger partial charge in [0, 0.05) is 43.0 Å². The molecule has 0 bridgehead atoms.